The summed E-state index contributed by atoms with van der Waals surface area (Å²) in [5.74, 6) is 0. The van der Waals surface area contributed by atoms with E-state index in [1.165, 1.54) is 0 Å². The Balaban J connectivity index is 3.82. The van der Waals surface area contributed by atoms with Crippen LogP contribution < -0.4 is 0 Å². The van der Waals surface area contributed by atoms with Crippen molar-refractivity contribution in [1.29, 1.82) is 0 Å². The Hall–Kier alpha value is 0.554. The van der Waals surface area contributed by atoms with Gasteiger partial charge in [0.15, 0.2) is 0 Å². The molecular formula is C4H12O4Ti. The maximum atomic E-state index is 8.58. The van der Waals surface area contributed by atoms with Crippen molar-refractivity contribution < 1.29 is 37.0 Å². The Morgan fingerprint density at radius 3 is 0.889 bits per heavy atom. The third kappa shape index (κ3) is 2.33. The number of rotatable bonds is 4. The molecule has 56 valence electrons. The van der Waals surface area contributed by atoms with Gasteiger partial charge in [-0.15, -0.1) is 0 Å². The topological polar surface area (TPSA) is 80.9 Å². The molecule has 0 heterocycles. The van der Waals surface area contributed by atoms with Crippen molar-refractivity contribution in [3.63, 3.8) is 0 Å². The second kappa shape index (κ2) is 4.38. The Bertz CT molecular complexity index is 55.5. The second-order valence-electron chi connectivity index (χ2n) is 2.13. The summed E-state index contributed by atoms with van der Waals surface area (Å²) < 4.78 is 0. The second-order valence-corrected chi connectivity index (χ2v) is 8.79. The summed E-state index contributed by atoms with van der Waals surface area (Å²) >= 11 is -2.94. The van der Waals surface area contributed by atoms with Crippen LogP contribution in [-0.2, 0) is 16.6 Å². The van der Waals surface area contributed by atoms with E-state index in [0.717, 1.165) is 0 Å². The summed E-state index contributed by atoms with van der Waals surface area (Å²) in [5, 5.41) is 34.3. The van der Waals surface area contributed by atoms with Gasteiger partial charge >= 0.3 is 56.7 Å². The van der Waals surface area contributed by atoms with Gasteiger partial charge in [-0.1, -0.05) is 0 Å². The molecule has 0 fully saturated rings. The average molecular weight is 172 g/mol. The van der Waals surface area contributed by atoms with E-state index in [1.807, 2.05) is 0 Å². The fourth-order valence-electron chi connectivity index (χ4n) is 0.300. The first-order chi connectivity index (χ1) is 4.24. The molecule has 0 aromatic heterocycles. The first-order valence-corrected chi connectivity index (χ1v) is 7.10. The Morgan fingerprint density at radius 1 is 0.667 bits per heavy atom. The van der Waals surface area contributed by atoms with Gasteiger partial charge in [0.25, 0.3) is 0 Å². The number of hydrogen-bond acceptors (Lipinski definition) is 4. The van der Waals surface area contributed by atoms with Crippen LogP contribution in [0.5, 0.6) is 0 Å². The van der Waals surface area contributed by atoms with Crippen LogP contribution in [0.1, 0.15) is 0 Å². The molecule has 4 N–H and O–H groups in total. The molecule has 0 bridgehead atoms. The van der Waals surface area contributed by atoms with E-state index in [2.05, 4.69) is 0 Å². The van der Waals surface area contributed by atoms with Crippen LogP contribution in [-0.4, -0.2) is 40.1 Å². The van der Waals surface area contributed by atoms with Crippen molar-refractivity contribution in [3.8, 4) is 0 Å². The molecule has 0 saturated heterocycles. The van der Waals surface area contributed by atoms with Gasteiger partial charge in [-0.05, 0) is 0 Å². The van der Waals surface area contributed by atoms with E-state index in [0.29, 0.717) is 0 Å². The summed E-state index contributed by atoms with van der Waals surface area (Å²) in [5.41, 5.74) is 0. The third-order valence-electron chi connectivity index (χ3n) is 1.34. The van der Waals surface area contributed by atoms with E-state index in [1.54, 1.807) is 0 Å². The molecule has 0 aromatic carbocycles. The van der Waals surface area contributed by atoms with Gasteiger partial charge in [0.2, 0.25) is 0 Å². The Morgan fingerprint density at radius 2 is 0.889 bits per heavy atom. The predicted octanol–water partition coefficient (Wildman–Crippen LogP) is -2.06. The molecule has 0 radical (unpaired) electrons. The average Bonchev–Trinajstić information content (AvgIpc) is 1.95. The third-order valence-corrected chi connectivity index (χ3v) is 5.53. The van der Waals surface area contributed by atoms with Crippen LogP contribution in [0.4, 0.5) is 0 Å². The first-order valence-electron chi connectivity index (χ1n) is 2.68. The molecule has 0 atom stereocenters. The number of hydrogen-bond donors (Lipinski definition) is 4. The molecule has 9 heavy (non-hydrogen) atoms. The summed E-state index contributed by atoms with van der Waals surface area (Å²) in [4.78, 5) is -0.875. The molecule has 0 aliphatic rings. The Labute approximate surface area is 57.1 Å². The quantitative estimate of drug-likeness (QED) is 0.367. The van der Waals surface area contributed by atoms with E-state index in [-0.39, 0.29) is 19.6 Å². The maximum absolute atomic E-state index is 8.58. The minimum absolute atomic E-state index is 0.219. The predicted molar refractivity (Wildman–Crippen MR) is 28.3 cm³/mol. The van der Waals surface area contributed by atoms with Gasteiger partial charge in [0, 0.05) is 0 Å². The van der Waals surface area contributed by atoms with Crippen LogP contribution >= 0.6 is 0 Å². The molecule has 0 amide bonds. The van der Waals surface area contributed by atoms with E-state index in [9.17, 15) is 0 Å². The molecule has 4 nitrogen and oxygen atoms in total. The van der Waals surface area contributed by atoms with Crippen molar-refractivity contribution in [2.75, 3.05) is 19.6 Å². The SMILES string of the molecule is O[CH2][Ti]([CH2]O)([CH2]O)[CH2]O. The summed E-state index contributed by atoms with van der Waals surface area (Å²) in [6, 6.07) is 0. The zero-order chi connectivity index (χ0) is 7.33. The molecule has 0 aliphatic heterocycles. The standard InChI is InChI=1S/4CH3O.Ti/c4*1-2;/h4*2H,1H2;. The van der Waals surface area contributed by atoms with Crippen molar-refractivity contribution in [1.82, 2.24) is 0 Å². The monoisotopic (exact) mass is 172 g/mol. The minimum atomic E-state index is -2.94. The van der Waals surface area contributed by atoms with Crippen molar-refractivity contribution in [2.45, 2.75) is 0 Å². The number of aliphatic hydroxyl groups excluding tert-OH is 4. The van der Waals surface area contributed by atoms with Crippen molar-refractivity contribution in [2.24, 2.45) is 0 Å². The van der Waals surface area contributed by atoms with Gasteiger partial charge in [-0.25, -0.2) is 0 Å². The number of aliphatic hydroxyl groups is 4. The molecular weight excluding hydrogens is 160 g/mol. The molecule has 5 heteroatoms. The van der Waals surface area contributed by atoms with E-state index < -0.39 is 16.6 Å². The van der Waals surface area contributed by atoms with Gasteiger partial charge in [0.1, 0.15) is 0 Å². The van der Waals surface area contributed by atoms with Crippen LogP contribution in [0, 0.1) is 0 Å². The first kappa shape index (κ1) is 9.55. The van der Waals surface area contributed by atoms with Crippen LogP contribution in [0.25, 0.3) is 0 Å². The molecule has 0 rings (SSSR count). The zero-order valence-corrected chi connectivity index (χ0v) is 6.68. The fourth-order valence-corrected chi connectivity index (χ4v) is 1.24. The van der Waals surface area contributed by atoms with E-state index in [4.69, 9.17) is 20.4 Å². The summed E-state index contributed by atoms with van der Waals surface area (Å²) in [6.45, 7) is 0. The normalized spacial score (nSPS) is 12.0. The van der Waals surface area contributed by atoms with Gasteiger partial charge in [-0.2, -0.15) is 0 Å². The van der Waals surface area contributed by atoms with Gasteiger partial charge in [0.05, 0.1) is 0 Å². The molecule has 0 aromatic rings. The van der Waals surface area contributed by atoms with Gasteiger partial charge in [-0.3, -0.25) is 0 Å². The molecule has 0 unspecified atom stereocenters. The van der Waals surface area contributed by atoms with E-state index >= 15 is 0 Å². The molecule has 0 aliphatic carbocycles. The van der Waals surface area contributed by atoms with Crippen molar-refractivity contribution >= 4 is 0 Å². The van der Waals surface area contributed by atoms with Crippen molar-refractivity contribution in [3.05, 3.63) is 0 Å². The molecule has 0 spiro atoms. The zero-order valence-electron chi connectivity index (χ0n) is 5.12. The Kier molecular flexibility index (Phi) is 4.65. The van der Waals surface area contributed by atoms with Crippen LogP contribution in [0.3, 0.4) is 0 Å². The van der Waals surface area contributed by atoms with Crippen LogP contribution in [0.2, 0.25) is 0 Å². The van der Waals surface area contributed by atoms with Gasteiger partial charge < -0.3 is 0 Å². The van der Waals surface area contributed by atoms with Crippen LogP contribution in [0.15, 0.2) is 0 Å². The summed E-state index contributed by atoms with van der Waals surface area (Å²) in [7, 11) is 0. The molecule has 0 saturated carbocycles. The fraction of sp³-hybridized carbons (Fsp3) is 1.00. The summed E-state index contributed by atoms with van der Waals surface area (Å²) in [6.07, 6.45) is 0.